The lowest BCUT2D eigenvalue weighted by atomic mass is 10.0. The molecule has 0 aliphatic carbocycles. The average molecular weight is 555 g/mol. The summed E-state index contributed by atoms with van der Waals surface area (Å²) in [5.74, 6) is -3.83. The molecule has 0 saturated heterocycles. The molecule has 0 bridgehead atoms. The molecule has 0 spiro atoms. The molecular formula is C24H38N6O7S. The molecule has 4 unspecified atom stereocenters. The lowest BCUT2D eigenvalue weighted by Gasteiger charge is -2.25. The molecule has 212 valence electrons. The Kier molecular flexibility index (Phi) is 14.8. The highest BCUT2D eigenvalue weighted by atomic mass is 32.2. The molecule has 0 heterocycles. The van der Waals surface area contributed by atoms with Gasteiger partial charge in [0, 0.05) is 0 Å². The summed E-state index contributed by atoms with van der Waals surface area (Å²) in [7, 11) is 0. The van der Waals surface area contributed by atoms with Gasteiger partial charge in [0.25, 0.3) is 0 Å². The summed E-state index contributed by atoms with van der Waals surface area (Å²) in [4.78, 5) is 61.4. The minimum Gasteiger partial charge on any atom is -0.508 e. The second kappa shape index (κ2) is 17.2. The maximum absolute atomic E-state index is 13.2. The fourth-order valence-corrected chi connectivity index (χ4v) is 3.94. The zero-order valence-corrected chi connectivity index (χ0v) is 22.2. The summed E-state index contributed by atoms with van der Waals surface area (Å²) in [6.45, 7) is 0.387. The third-order valence-electron chi connectivity index (χ3n) is 5.57. The van der Waals surface area contributed by atoms with E-state index in [1.165, 1.54) is 23.9 Å². The van der Waals surface area contributed by atoms with Gasteiger partial charge in [-0.15, -0.1) is 0 Å². The van der Waals surface area contributed by atoms with Crippen molar-refractivity contribution in [3.63, 3.8) is 0 Å². The van der Waals surface area contributed by atoms with E-state index in [0.29, 0.717) is 30.7 Å². The number of carboxylic acids is 1. The molecule has 0 radical (unpaired) electrons. The van der Waals surface area contributed by atoms with Crippen molar-refractivity contribution in [3.8, 4) is 5.75 Å². The van der Waals surface area contributed by atoms with Crippen molar-refractivity contribution in [1.82, 2.24) is 16.0 Å². The molecule has 11 N–H and O–H groups in total. The molecule has 4 amide bonds. The van der Waals surface area contributed by atoms with Crippen LogP contribution in [-0.4, -0.2) is 82.5 Å². The predicted octanol–water partition coefficient (Wildman–Crippen LogP) is -1.44. The first-order chi connectivity index (χ1) is 18.0. The normalized spacial score (nSPS) is 14.0. The number of benzene rings is 1. The Balaban J connectivity index is 2.96. The topological polar surface area (TPSA) is 240 Å². The van der Waals surface area contributed by atoms with Gasteiger partial charge in [0.2, 0.25) is 23.6 Å². The van der Waals surface area contributed by atoms with E-state index in [-0.39, 0.29) is 25.0 Å². The molecule has 0 aliphatic heterocycles. The van der Waals surface area contributed by atoms with Crippen LogP contribution in [0.2, 0.25) is 0 Å². The largest absolute Gasteiger partial charge is 0.508 e. The number of nitrogens with two attached hydrogens (primary N) is 3. The number of aromatic hydroxyl groups is 1. The number of aliphatic carboxylic acids is 1. The number of hydrogen-bond donors (Lipinski definition) is 8. The van der Waals surface area contributed by atoms with Crippen molar-refractivity contribution >= 4 is 41.4 Å². The molecule has 14 heteroatoms. The van der Waals surface area contributed by atoms with Crippen LogP contribution in [0.1, 0.15) is 37.7 Å². The summed E-state index contributed by atoms with van der Waals surface area (Å²) in [6.07, 6.45) is 2.88. The van der Waals surface area contributed by atoms with Gasteiger partial charge >= 0.3 is 5.97 Å². The van der Waals surface area contributed by atoms with Crippen molar-refractivity contribution in [1.29, 1.82) is 0 Å². The Morgan fingerprint density at radius 2 is 1.45 bits per heavy atom. The number of hydrogen-bond acceptors (Lipinski definition) is 9. The Morgan fingerprint density at radius 1 is 0.895 bits per heavy atom. The van der Waals surface area contributed by atoms with E-state index in [1.807, 2.05) is 0 Å². The molecule has 0 aliphatic rings. The predicted molar refractivity (Wildman–Crippen MR) is 143 cm³/mol. The Morgan fingerprint density at radius 3 is 1.97 bits per heavy atom. The molecule has 1 aromatic rings. The number of rotatable bonds is 18. The third kappa shape index (κ3) is 12.3. The van der Waals surface area contributed by atoms with Crippen LogP contribution in [0.3, 0.4) is 0 Å². The maximum atomic E-state index is 13.2. The number of phenols is 1. The minimum absolute atomic E-state index is 0.0766. The zero-order valence-electron chi connectivity index (χ0n) is 21.4. The van der Waals surface area contributed by atoms with Gasteiger partial charge in [-0.2, -0.15) is 11.8 Å². The summed E-state index contributed by atoms with van der Waals surface area (Å²) in [5.41, 5.74) is 17.4. The van der Waals surface area contributed by atoms with E-state index in [9.17, 15) is 34.2 Å². The number of unbranched alkanes of at least 4 members (excludes halogenated alkanes) is 1. The Hall–Kier alpha value is -3.36. The fraction of sp³-hybridized carbons (Fsp3) is 0.542. The fourth-order valence-electron chi connectivity index (χ4n) is 3.47. The Labute approximate surface area is 225 Å². The van der Waals surface area contributed by atoms with Crippen LogP contribution in [0.5, 0.6) is 5.75 Å². The van der Waals surface area contributed by atoms with Gasteiger partial charge in [0.05, 0.1) is 12.5 Å². The van der Waals surface area contributed by atoms with E-state index in [4.69, 9.17) is 17.2 Å². The first-order valence-electron chi connectivity index (χ1n) is 12.1. The number of amides is 4. The van der Waals surface area contributed by atoms with E-state index >= 15 is 0 Å². The maximum Gasteiger partial charge on any atom is 0.326 e. The van der Waals surface area contributed by atoms with Gasteiger partial charge in [0.1, 0.15) is 23.9 Å². The minimum atomic E-state index is -1.55. The van der Waals surface area contributed by atoms with Crippen LogP contribution in [0.4, 0.5) is 0 Å². The highest BCUT2D eigenvalue weighted by Gasteiger charge is 2.30. The molecule has 4 atom stereocenters. The summed E-state index contributed by atoms with van der Waals surface area (Å²) >= 11 is 1.41. The smallest absolute Gasteiger partial charge is 0.326 e. The number of carbonyl (C=O) groups is 5. The summed E-state index contributed by atoms with van der Waals surface area (Å²) in [6, 6.07) is 1.53. The van der Waals surface area contributed by atoms with Crippen LogP contribution < -0.4 is 33.2 Å². The second-order valence-electron chi connectivity index (χ2n) is 8.74. The highest BCUT2D eigenvalue weighted by Crippen LogP contribution is 2.11. The van der Waals surface area contributed by atoms with Crippen molar-refractivity contribution in [2.45, 2.75) is 62.7 Å². The second-order valence-corrected chi connectivity index (χ2v) is 9.72. The van der Waals surface area contributed by atoms with Crippen LogP contribution >= 0.6 is 11.8 Å². The van der Waals surface area contributed by atoms with Crippen molar-refractivity contribution in [2.75, 3.05) is 18.6 Å². The highest BCUT2D eigenvalue weighted by molar-refractivity contribution is 7.98. The number of phenolic OH excluding ortho intramolecular Hbond substituents is 1. The molecule has 1 rings (SSSR count). The first-order valence-corrected chi connectivity index (χ1v) is 13.5. The monoisotopic (exact) mass is 554 g/mol. The number of primary amides is 1. The lowest BCUT2D eigenvalue weighted by Crippen LogP contribution is -2.57. The number of thioether (sulfide) groups is 1. The van der Waals surface area contributed by atoms with Gasteiger partial charge < -0.3 is 43.4 Å². The molecular weight excluding hydrogens is 516 g/mol. The van der Waals surface area contributed by atoms with Crippen LogP contribution in [0.25, 0.3) is 0 Å². The SMILES string of the molecule is CSCCC(NC(=O)C(CCCCN)NC(=O)C(N)Cc1ccc(O)cc1)C(=O)NC(CC(N)=O)C(=O)O. The average Bonchev–Trinajstić information content (AvgIpc) is 2.86. The zero-order chi connectivity index (χ0) is 28.7. The van der Waals surface area contributed by atoms with E-state index in [1.54, 1.807) is 18.4 Å². The quantitative estimate of drug-likeness (QED) is 0.0982. The number of carbonyl (C=O) groups excluding carboxylic acids is 4. The summed E-state index contributed by atoms with van der Waals surface area (Å²) in [5, 5.41) is 26.2. The van der Waals surface area contributed by atoms with E-state index < -0.39 is 60.2 Å². The number of nitrogens with one attached hydrogen (secondary N) is 3. The number of carboxylic acid groups (broad SMARTS) is 1. The third-order valence-corrected chi connectivity index (χ3v) is 6.22. The van der Waals surface area contributed by atoms with E-state index in [0.717, 1.165) is 0 Å². The van der Waals surface area contributed by atoms with Crippen LogP contribution in [-0.2, 0) is 30.4 Å². The van der Waals surface area contributed by atoms with Gasteiger partial charge in [-0.25, -0.2) is 4.79 Å². The van der Waals surface area contributed by atoms with Crippen LogP contribution in [0, 0.1) is 0 Å². The van der Waals surface area contributed by atoms with Crippen molar-refractivity contribution < 1.29 is 34.2 Å². The molecule has 38 heavy (non-hydrogen) atoms. The standard InChI is InChI=1S/C24H38N6O7S/c1-38-11-9-18(23(35)30-19(24(36)37)13-20(27)32)29-22(34)17(4-2-3-10-25)28-21(33)16(26)12-14-5-7-15(31)8-6-14/h5-8,16-19,31H,2-4,9-13,25-26H2,1H3,(H2,27,32)(H,28,33)(H,29,34)(H,30,35)(H,36,37). The molecule has 1 aromatic carbocycles. The lowest BCUT2D eigenvalue weighted by molar-refractivity contribution is -0.143. The van der Waals surface area contributed by atoms with E-state index in [2.05, 4.69) is 16.0 Å². The van der Waals surface area contributed by atoms with Crippen LogP contribution in [0.15, 0.2) is 24.3 Å². The first kappa shape index (κ1) is 32.7. The molecule has 0 fully saturated rings. The molecule has 0 aromatic heterocycles. The summed E-state index contributed by atoms with van der Waals surface area (Å²) < 4.78 is 0. The van der Waals surface area contributed by atoms with Crippen molar-refractivity contribution in [2.24, 2.45) is 17.2 Å². The molecule has 0 saturated carbocycles. The van der Waals surface area contributed by atoms with Gasteiger partial charge in [-0.3, -0.25) is 19.2 Å². The van der Waals surface area contributed by atoms with Gasteiger partial charge in [-0.1, -0.05) is 12.1 Å². The Bertz CT molecular complexity index is 947. The molecule has 13 nitrogen and oxygen atoms in total. The van der Waals surface area contributed by atoms with Gasteiger partial charge in [0.15, 0.2) is 0 Å². The van der Waals surface area contributed by atoms with Gasteiger partial charge in [-0.05, 0) is 68.4 Å². The van der Waals surface area contributed by atoms with Crippen molar-refractivity contribution in [3.05, 3.63) is 29.8 Å².